The largest absolute Gasteiger partial charge is 0.465 e. The van der Waals surface area contributed by atoms with Crippen molar-refractivity contribution in [3.05, 3.63) is 51.6 Å². The minimum atomic E-state index is -0.358. The number of fused-ring (bicyclic) bond motifs is 1. The Morgan fingerprint density at radius 2 is 2.17 bits per heavy atom. The smallest absolute Gasteiger partial charge is 0.337 e. The van der Waals surface area contributed by atoms with Crippen LogP contribution in [-0.4, -0.2) is 52.0 Å². The highest BCUT2D eigenvalue weighted by Gasteiger charge is 2.21. The fourth-order valence-electron chi connectivity index (χ4n) is 3.35. The molecule has 1 aliphatic heterocycles. The average Bonchev–Trinajstić information content (AvgIpc) is 3.41. The zero-order valence-corrected chi connectivity index (χ0v) is 18.2. The first-order valence-electron chi connectivity index (χ1n) is 9.18. The number of amides is 1. The van der Waals surface area contributed by atoms with E-state index in [0.29, 0.717) is 25.1 Å². The maximum Gasteiger partial charge on any atom is 0.337 e. The van der Waals surface area contributed by atoms with Crippen molar-refractivity contribution in [2.45, 2.75) is 19.4 Å². The van der Waals surface area contributed by atoms with Gasteiger partial charge in [-0.1, -0.05) is 27.2 Å². The number of carbonyl (C=O) groups excluding carboxylic acids is 2. The van der Waals surface area contributed by atoms with Gasteiger partial charge in [0.15, 0.2) is 0 Å². The molecule has 0 fully saturated rings. The molecule has 0 aliphatic carbocycles. The SMILES string of the molecule is COC(=O)c1cc(Br)c2cc(C3=CCCN(C(=O)CCn4ccnn4)C3)sc2c1. The maximum absolute atomic E-state index is 12.6. The van der Waals surface area contributed by atoms with Gasteiger partial charge in [0.05, 0.1) is 25.4 Å². The van der Waals surface area contributed by atoms with E-state index in [9.17, 15) is 9.59 Å². The molecule has 29 heavy (non-hydrogen) atoms. The number of carbonyl (C=O) groups is 2. The summed E-state index contributed by atoms with van der Waals surface area (Å²) in [6, 6.07) is 5.74. The molecule has 0 spiro atoms. The molecule has 3 aromatic rings. The number of rotatable bonds is 5. The molecule has 0 saturated heterocycles. The second-order valence-electron chi connectivity index (χ2n) is 6.72. The van der Waals surface area contributed by atoms with Crippen LogP contribution < -0.4 is 0 Å². The van der Waals surface area contributed by atoms with Crippen LogP contribution in [0.15, 0.2) is 41.1 Å². The summed E-state index contributed by atoms with van der Waals surface area (Å²) in [5, 5.41) is 8.71. The van der Waals surface area contributed by atoms with Crippen molar-refractivity contribution >= 4 is 54.8 Å². The number of aromatic nitrogens is 3. The molecule has 150 valence electrons. The van der Waals surface area contributed by atoms with Crippen molar-refractivity contribution in [1.29, 1.82) is 0 Å². The van der Waals surface area contributed by atoms with Crippen molar-refractivity contribution in [3.63, 3.8) is 0 Å². The summed E-state index contributed by atoms with van der Waals surface area (Å²) >= 11 is 5.18. The highest BCUT2D eigenvalue weighted by Crippen LogP contribution is 2.37. The molecular weight excluding hydrogens is 456 g/mol. The van der Waals surface area contributed by atoms with Crippen LogP contribution in [-0.2, 0) is 16.1 Å². The van der Waals surface area contributed by atoms with Gasteiger partial charge in [0.25, 0.3) is 0 Å². The molecule has 0 atom stereocenters. The Morgan fingerprint density at radius 1 is 1.31 bits per heavy atom. The summed E-state index contributed by atoms with van der Waals surface area (Å²) in [5.74, 6) is -0.245. The lowest BCUT2D eigenvalue weighted by molar-refractivity contribution is -0.131. The van der Waals surface area contributed by atoms with Gasteiger partial charge >= 0.3 is 5.97 Å². The van der Waals surface area contributed by atoms with E-state index in [0.717, 1.165) is 38.0 Å². The van der Waals surface area contributed by atoms with Gasteiger partial charge in [0.1, 0.15) is 0 Å². The molecule has 0 unspecified atom stereocenters. The van der Waals surface area contributed by atoms with Crippen molar-refractivity contribution < 1.29 is 14.3 Å². The van der Waals surface area contributed by atoms with Crippen LogP contribution in [0.25, 0.3) is 15.7 Å². The standard InChI is InChI=1S/C20H19BrN4O3S/c1-28-20(27)14-9-16(21)15-11-17(29-18(15)10-14)13-3-2-6-24(12-13)19(26)4-7-25-8-5-22-23-25/h3,5,8-11H,2,4,6-7,12H2,1H3. The molecule has 2 aromatic heterocycles. The van der Waals surface area contributed by atoms with E-state index < -0.39 is 0 Å². The maximum atomic E-state index is 12.6. The fraction of sp³-hybridized carbons (Fsp3) is 0.300. The zero-order chi connectivity index (χ0) is 20.4. The summed E-state index contributed by atoms with van der Waals surface area (Å²) in [6.07, 6.45) is 6.79. The molecule has 7 nitrogen and oxygen atoms in total. The zero-order valence-electron chi connectivity index (χ0n) is 15.8. The topological polar surface area (TPSA) is 77.3 Å². The highest BCUT2D eigenvalue weighted by atomic mass is 79.9. The third kappa shape index (κ3) is 4.25. The predicted molar refractivity (Wildman–Crippen MR) is 115 cm³/mol. The second-order valence-corrected chi connectivity index (χ2v) is 8.66. The van der Waals surface area contributed by atoms with E-state index in [1.54, 1.807) is 34.5 Å². The van der Waals surface area contributed by atoms with Gasteiger partial charge in [-0.15, -0.1) is 16.4 Å². The summed E-state index contributed by atoms with van der Waals surface area (Å²) < 4.78 is 8.36. The molecule has 0 radical (unpaired) electrons. The Hall–Kier alpha value is -2.52. The normalized spacial score (nSPS) is 14.1. The van der Waals surface area contributed by atoms with E-state index in [4.69, 9.17) is 4.74 Å². The summed E-state index contributed by atoms with van der Waals surface area (Å²) in [4.78, 5) is 27.5. The Kier molecular flexibility index (Phi) is 5.77. The number of aryl methyl sites for hydroxylation is 1. The number of ether oxygens (including phenoxy) is 1. The van der Waals surface area contributed by atoms with Gasteiger partial charge in [-0.2, -0.15) is 0 Å². The second kappa shape index (κ2) is 8.46. The lowest BCUT2D eigenvalue weighted by Gasteiger charge is -2.27. The quantitative estimate of drug-likeness (QED) is 0.526. The number of hydrogen-bond donors (Lipinski definition) is 0. The third-order valence-electron chi connectivity index (χ3n) is 4.85. The average molecular weight is 475 g/mol. The van der Waals surface area contributed by atoms with Crippen molar-refractivity contribution in [2.75, 3.05) is 20.2 Å². The Labute approximate surface area is 180 Å². The molecular formula is C20H19BrN4O3S. The van der Waals surface area contributed by atoms with Gasteiger partial charge in [0, 0.05) is 45.1 Å². The molecule has 1 aliphatic rings. The van der Waals surface area contributed by atoms with E-state index >= 15 is 0 Å². The minimum Gasteiger partial charge on any atom is -0.465 e. The first-order chi connectivity index (χ1) is 14.0. The monoisotopic (exact) mass is 474 g/mol. The van der Waals surface area contributed by atoms with E-state index in [1.807, 2.05) is 11.0 Å². The fourth-order valence-corrected chi connectivity index (χ4v) is 5.21. The van der Waals surface area contributed by atoms with E-state index in [1.165, 1.54) is 7.11 Å². The molecule has 1 amide bonds. The third-order valence-corrected chi connectivity index (χ3v) is 6.67. The Bertz CT molecular complexity index is 1090. The molecule has 9 heteroatoms. The first-order valence-corrected chi connectivity index (χ1v) is 10.8. The van der Waals surface area contributed by atoms with Crippen LogP contribution in [0.1, 0.15) is 28.1 Å². The van der Waals surface area contributed by atoms with Crippen LogP contribution in [0, 0.1) is 0 Å². The van der Waals surface area contributed by atoms with Gasteiger partial charge < -0.3 is 9.64 Å². The molecule has 4 rings (SSSR count). The summed E-state index contributed by atoms with van der Waals surface area (Å²) in [7, 11) is 1.38. The predicted octanol–water partition coefficient (Wildman–Crippen LogP) is 3.75. The number of hydrogen-bond acceptors (Lipinski definition) is 6. The number of benzene rings is 1. The molecule has 0 saturated carbocycles. The lowest BCUT2D eigenvalue weighted by Crippen LogP contribution is -2.35. The van der Waals surface area contributed by atoms with Gasteiger partial charge in [-0.3, -0.25) is 9.48 Å². The van der Waals surface area contributed by atoms with Gasteiger partial charge in [0.2, 0.25) is 5.91 Å². The van der Waals surface area contributed by atoms with E-state index in [2.05, 4.69) is 38.4 Å². The molecule has 0 N–H and O–H groups in total. The number of thiophene rings is 1. The first kappa shape index (κ1) is 19.8. The van der Waals surface area contributed by atoms with Crippen molar-refractivity contribution in [2.24, 2.45) is 0 Å². The Balaban J connectivity index is 1.51. The van der Waals surface area contributed by atoms with Crippen LogP contribution in [0.5, 0.6) is 0 Å². The van der Waals surface area contributed by atoms with Gasteiger partial charge in [-0.25, -0.2) is 4.79 Å². The molecule has 0 bridgehead atoms. The number of methoxy groups -OCH3 is 1. The number of esters is 1. The minimum absolute atomic E-state index is 0.112. The lowest BCUT2D eigenvalue weighted by atomic mass is 10.1. The number of halogens is 1. The highest BCUT2D eigenvalue weighted by molar-refractivity contribution is 9.10. The van der Waals surface area contributed by atoms with Crippen LogP contribution in [0.3, 0.4) is 0 Å². The van der Waals surface area contributed by atoms with Crippen LogP contribution >= 0.6 is 27.3 Å². The van der Waals surface area contributed by atoms with Gasteiger partial charge in [-0.05, 0) is 30.2 Å². The van der Waals surface area contributed by atoms with Crippen LogP contribution in [0.4, 0.5) is 0 Å². The molecule has 1 aromatic carbocycles. The Morgan fingerprint density at radius 3 is 2.93 bits per heavy atom. The van der Waals surface area contributed by atoms with Crippen molar-refractivity contribution in [3.8, 4) is 0 Å². The molecule has 3 heterocycles. The van der Waals surface area contributed by atoms with E-state index in [-0.39, 0.29) is 11.9 Å². The number of nitrogens with zero attached hydrogens (tertiary/aromatic N) is 4. The summed E-state index contributed by atoms with van der Waals surface area (Å²) in [6.45, 7) is 1.84. The summed E-state index contributed by atoms with van der Waals surface area (Å²) in [5.41, 5.74) is 1.65. The van der Waals surface area contributed by atoms with Crippen LogP contribution in [0.2, 0.25) is 0 Å². The van der Waals surface area contributed by atoms with Crippen molar-refractivity contribution in [1.82, 2.24) is 19.9 Å².